The summed E-state index contributed by atoms with van der Waals surface area (Å²) >= 11 is 0. The molecule has 0 aromatic heterocycles. The molecule has 0 amide bonds. The first-order valence-electron chi connectivity index (χ1n) is 7.86. The van der Waals surface area contributed by atoms with Crippen LogP contribution in [-0.2, 0) is 11.3 Å². The van der Waals surface area contributed by atoms with Crippen LogP contribution in [0.5, 0.6) is 5.75 Å². The highest BCUT2D eigenvalue weighted by molar-refractivity contribution is 5.50. The van der Waals surface area contributed by atoms with Crippen molar-refractivity contribution in [2.75, 3.05) is 38.4 Å². The second-order valence-corrected chi connectivity index (χ2v) is 6.19. The number of benzene rings is 2. The number of aliphatic hydroxyl groups excluding tert-OH is 1. The number of nitrogens with zero attached hydrogens (tertiary/aromatic N) is 1. The second kappa shape index (κ2) is 7.02. The van der Waals surface area contributed by atoms with Crippen molar-refractivity contribution in [1.82, 2.24) is 0 Å². The number of hydrogen-bond donors (Lipinski definition) is 1. The van der Waals surface area contributed by atoms with Gasteiger partial charge in [-0.15, -0.1) is 0 Å². The summed E-state index contributed by atoms with van der Waals surface area (Å²) in [6.45, 7) is 2.95. The molecule has 4 nitrogen and oxygen atoms in total. The van der Waals surface area contributed by atoms with Crippen LogP contribution in [0.25, 0.3) is 0 Å². The summed E-state index contributed by atoms with van der Waals surface area (Å²) in [4.78, 5) is 2.30. The molecule has 0 saturated carbocycles. The van der Waals surface area contributed by atoms with Gasteiger partial charge in [0.05, 0.1) is 32.3 Å². The van der Waals surface area contributed by atoms with Gasteiger partial charge in [-0.25, -0.2) is 0 Å². The summed E-state index contributed by atoms with van der Waals surface area (Å²) in [5.41, 5.74) is 2.21. The predicted octanol–water partition coefficient (Wildman–Crippen LogP) is 2.71. The average molecular weight is 313 g/mol. The van der Waals surface area contributed by atoms with Crippen LogP contribution in [0.4, 0.5) is 5.69 Å². The molecule has 3 rings (SSSR count). The van der Waals surface area contributed by atoms with Crippen molar-refractivity contribution < 1.29 is 14.6 Å². The van der Waals surface area contributed by atoms with Gasteiger partial charge >= 0.3 is 0 Å². The molecule has 1 aliphatic heterocycles. The van der Waals surface area contributed by atoms with Crippen molar-refractivity contribution in [1.29, 1.82) is 0 Å². The highest BCUT2D eigenvalue weighted by Crippen LogP contribution is 2.31. The Kier molecular flexibility index (Phi) is 4.84. The third-order valence-corrected chi connectivity index (χ3v) is 4.33. The van der Waals surface area contributed by atoms with E-state index in [1.807, 2.05) is 18.2 Å². The van der Waals surface area contributed by atoms with Crippen molar-refractivity contribution in [2.45, 2.75) is 6.54 Å². The van der Waals surface area contributed by atoms with Crippen LogP contribution < -0.4 is 9.64 Å². The summed E-state index contributed by atoms with van der Waals surface area (Å²) in [5.74, 6) is 0.845. The van der Waals surface area contributed by atoms with Gasteiger partial charge in [0.2, 0.25) is 0 Å². The monoisotopic (exact) mass is 313 g/mol. The molecule has 1 saturated heterocycles. The summed E-state index contributed by atoms with van der Waals surface area (Å²) < 4.78 is 10.6. The van der Waals surface area contributed by atoms with Gasteiger partial charge in [0.15, 0.2) is 0 Å². The molecule has 0 bridgehead atoms. The van der Waals surface area contributed by atoms with Gasteiger partial charge in [0.25, 0.3) is 0 Å². The lowest BCUT2D eigenvalue weighted by Gasteiger charge is -2.44. The van der Waals surface area contributed by atoms with Crippen molar-refractivity contribution in [3.63, 3.8) is 0 Å². The van der Waals surface area contributed by atoms with E-state index in [1.165, 1.54) is 5.56 Å². The van der Waals surface area contributed by atoms with Crippen LogP contribution in [0.3, 0.4) is 0 Å². The molecule has 0 unspecified atom stereocenters. The first-order chi connectivity index (χ1) is 11.2. The molecule has 1 aliphatic rings. The van der Waals surface area contributed by atoms with Crippen molar-refractivity contribution in [2.24, 2.45) is 5.41 Å². The van der Waals surface area contributed by atoms with Crippen LogP contribution >= 0.6 is 0 Å². The van der Waals surface area contributed by atoms with Crippen molar-refractivity contribution >= 4 is 5.69 Å². The summed E-state index contributed by atoms with van der Waals surface area (Å²) in [5, 5.41) is 9.75. The van der Waals surface area contributed by atoms with Crippen LogP contribution in [0.2, 0.25) is 0 Å². The van der Waals surface area contributed by atoms with Gasteiger partial charge in [-0.1, -0.05) is 30.3 Å². The largest absolute Gasteiger partial charge is 0.497 e. The molecule has 0 aliphatic carbocycles. The van der Waals surface area contributed by atoms with Gasteiger partial charge in [-0.3, -0.25) is 0 Å². The number of aliphatic hydroxyl groups is 1. The summed E-state index contributed by atoms with van der Waals surface area (Å²) in [6.07, 6.45) is 0. The third-order valence-electron chi connectivity index (χ3n) is 4.33. The number of hydrogen-bond acceptors (Lipinski definition) is 4. The van der Waals surface area contributed by atoms with Crippen LogP contribution in [0.1, 0.15) is 5.56 Å². The van der Waals surface area contributed by atoms with Gasteiger partial charge in [-0.2, -0.15) is 0 Å². The third kappa shape index (κ3) is 3.66. The van der Waals surface area contributed by atoms with E-state index in [0.717, 1.165) is 24.5 Å². The molecule has 122 valence electrons. The standard InChI is InChI=1S/C19H23NO3/c1-22-18-9-7-17(8-10-18)20(11-16-5-3-2-4-6-16)12-19(13-21)14-23-15-19/h2-10,21H,11-15H2,1H3. The zero-order chi connectivity index (χ0) is 16.1. The Balaban J connectivity index is 1.82. The summed E-state index contributed by atoms with van der Waals surface area (Å²) in [6, 6.07) is 18.4. The molecule has 0 atom stereocenters. The minimum Gasteiger partial charge on any atom is -0.497 e. The SMILES string of the molecule is COc1ccc(N(Cc2ccccc2)CC2(CO)COC2)cc1. The van der Waals surface area contributed by atoms with E-state index >= 15 is 0 Å². The number of ether oxygens (including phenoxy) is 2. The molecule has 1 N–H and O–H groups in total. The fourth-order valence-electron chi connectivity index (χ4n) is 2.86. The normalized spacial score (nSPS) is 15.7. The number of methoxy groups -OCH3 is 1. The van der Waals surface area contributed by atoms with E-state index in [1.54, 1.807) is 7.11 Å². The van der Waals surface area contributed by atoms with E-state index < -0.39 is 0 Å². The predicted molar refractivity (Wildman–Crippen MR) is 90.8 cm³/mol. The van der Waals surface area contributed by atoms with Crippen molar-refractivity contribution in [3.8, 4) is 5.75 Å². The Hall–Kier alpha value is -2.04. The Morgan fingerprint density at radius 2 is 1.78 bits per heavy atom. The van der Waals surface area contributed by atoms with Crippen LogP contribution in [-0.4, -0.2) is 38.6 Å². The van der Waals surface area contributed by atoms with E-state index in [2.05, 4.69) is 41.3 Å². The molecule has 2 aromatic carbocycles. The smallest absolute Gasteiger partial charge is 0.119 e. The molecule has 23 heavy (non-hydrogen) atoms. The molecule has 0 radical (unpaired) electrons. The van der Waals surface area contributed by atoms with Gasteiger partial charge in [0, 0.05) is 18.8 Å². The fraction of sp³-hybridized carbons (Fsp3) is 0.368. The highest BCUT2D eigenvalue weighted by atomic mass is 16.5. The van der Waals surface area contributed by atoms with Gasteiger partial charge in [-0.05, 0) is 29.8 Å². The van der Waals surface area contributed by atoms with Gasteiger partial charge in [0.1, 0.15) is 5.75 Å². The maximum Gasteiger partial charge on any atom is 0.119 e. The Morgan fingerprint density at radius 3 is 2.30 bits per heavy atom. The molecule has 1 heterocycles. The molecular weight excluding hydrogens is 290 g/mol. The zero-order valence-corrected chi connectivity index (χ0v) is 13.4. The quantitative estimate of drug-likeness (QED) is 0.853. The van der Waals surface area contributed by atoms with Crippen LogP contribution in [0.15, 0.2) is 54.6 Å². The van der Waals surface area contributed by atoms with Crippen molar-refractivity contribution in [3.05, 3.63) is 60.2 Å². The highest BCUT2D eigenvalue weighted by Gasteiger charge is 2.39. The lowest BCUT2D eigenvalue weighted by Crippen LogP contribution is -2.53. The minimum absolute atomic E-state index is 0.147. The molecule has 2 aromatic rings. The minimum atomic E-state index is -0.158. The maximum atomic E-state index is 9.75. The van der Waals surface area contributed by atoms with Crippen LogP contribution in [0, 0.1) is 5.41 Å². The molecular formula is C19H23NO3. The first-order valence-corrected chi connectivity index (χ1v) is 7.86. The van der Waals surface area contributed by atoms with Gasteiger partial charge < -0.3 is 19.5 Å². The summed E-state index contributed by atoms with van der Waals surface area (Å²) in [7, 11) is 1.67. The lowest BCUT2D eigenvalue weighted by molar-refractivity contribution is -0.131. The number of rotatable bonds is 7. The fourth-order valence-corrected chi connectivity index (χ4v) is 2.86. The lowest BCUT2D eigenvalue weighted by atomic mass is 9.86. The second-order valence-electron chi connectivity index (χ2n) is 6.19. The number of anilines is 1. The van der Waals surface area contributed by atoms with E-state index in [4.69, 9.17) is 9.47 Å². The van der Waals surface area contributed by atoms with E-state index in [9.17, 15) is 5.11 Å². The Morgan fingerprint density at radius 1 is 1.09 bits per heavy atom. The first kappa shape index (κ1) is 15.8. The Labute approximate surface area is 137 Å². The molecule has 1 fully saturated rings. The topological polar surface area (TPSA) is 41.9 Å². The Bertz CT molecular complexity index is 603. The zero-order valence-electron chi connectivity index (χ0n) is 13.4. The van der Waals surface area contributed by atoms with E-state index in [0.29, 0.717) is 13.2 Å². The van der Waals surface area contributed by atoms with E-state index in [-0.39, 0.29) is 12.0 Å². The molecule has 0 spiro atoms. The average Bonchev–Trinajstić information content (AvgIpc) is 2.58. The molecule has 4 heteroatoms. The maximum absolute atomic E-state index is 9.75.